The van der Waals surface area contributed by atoms with Crippen LogP contribution in [0.5, 0.6) is 0 Å². The Bertz CT molecular complexity index is 1270. The Balaban J connectivity index is 1.62. The predicted molar refractivity (Wildman–Crippen MR) is 129 cm³/mol. The maximum atomic E-state index is 12.9. The van der Waals surface area contributed by atoms with Crippen LogP contribution in [0, 0.1) is 12.8 Å². The van der Waals surface area contributed by atoms with Crippen molar-refractivity contribution in [2.24, 2.45) is 5.92 Å². The third-order valence-electron chi connectivity index (χ3n) is 5.94. The van der Waals surface area contributed by atoms with Crippen LogP contribution in [-0.2, 0) is 9.53 Å². The van der Waals surface area contributed by atoms with Crippen molar-refractivity contribution >= 4 is 40.1 Å². The molecule has 0 spiro atoms. The van der Waals surface area contributed by atoms with Gasteiger partial charge in [0, 0.05) is 37.5 Å². The number of hydrogen-bond donors (Lipinski definition) is 2. The second-order valence-electron chi connectivity index (χ2n) is 8.23. The summed E-state index contributed by atoms with van der Waals surface area (Å²) in [6.45, 7) is 7.80. The number of carboxylic acid groups (broad SMARTS) is 1. The number of carbonyl (C=O) groups excluding carboxylic acids is 1. The zero-order valence-electron chi connectivity index (χ0n) is 19.3. The number of aromatic nitrogens is 3. The minimum absolute atomic E-state index is 0.00823. The lowest BCUT2D eigenvalue weighted by Gasteiger charge is -2.40. The summed E-state index contributed by atoms with van der Waals surface area (Å²) in [7, 11) is 0. The number of thiazole rings is 1. The van der Waals surface area contributed by atoms with E-state index in [1.165, 1.54) is 17.5 Å². The molecule has 1 amide bonds. The summed E-state index contributed by atoms with van der Waals surface area (Å²) in [6.07, 6.45) is 3.67. The molecule has 1 fully saturated rings. The van der Waals surface area contributed by atoms with E-state index in [-0.39, 0.29) is 28.8 Å². The van der Waals surface area contributed by atoms with Gasteiger partial charge in [0.15, 0.2) is 10.8 Å². The monoisotopic (exact) mass is 485 g/mol. The molecule has 1 aliphatic heterocycles. The molecule has 0 aliphatic carbocycles. The maximum Gasteiger partial charge on any atom is 0.341 e. The molecular weight excluding hydrogens is 458 g/mol. The topological polar surface area (TPSA) is 127 Å². The molecule has 0 bridgehead atoms. The Morgan fingerprint density at radius 1 is 1.35 bits per heavy atom. The van der Waals surface area contributed by atoms with E-state index in [0.717, 1.165) is 6.42 Å². The number of ether oxygens (including phenoxy) is 1. The van der Waals surface area contributed by atoms with Gasteiger partial charge in [0.05, 0.1) is 24.0 Å². The van der Waals surface area contributed by atoms with E-state index in [4.69, 9.17) is 9.72 Å². The minimum atomic E-state index is -1.30. The fraction of sp³-hybridized carbons (Fsp3) is 0.435. The molecule has 3 aromatic rings. The number of amides is 1. The predicted octanol–water partition coefficient (Wildman–Crippen LogP) is 2.22. The second-order valence-corrected chi connectivity index (χ2v) is 9.11. The summed E-state index contributed by atoms with van der Waals surface area (Å²) in [6, 6.07) is 1.75. The Morgan fingerprint density at radius 2 is 2.12 bits per heavy atom. The van der Waals surface area contributed by atoms with E-state index >= 15 is 0 Å². The number of nitrogens with zero attached hydrogens (tertiary/aromatic N) is 4. The van der Waals surface area contributed by atoms with Crippen LogP contribution in [0.4, 0.5) is 5.82 Å². The van der Waals surface area contributed by atoms with Gasteiger partial charge in [0.2, 0.25) is 11.3 Å². The quantitative estimate of drug-likeness (QED) is 0.472. The molecule has 0 radical (unpaired) electrons. The molecule has 11 heteroatoms. The SMILES string of the molecule is CCOC[C@@H](CC)NC(=O)C1CN(c2cc(C)c3c(=O)c(C(=O)O)cn(-c4nccs4)c3n2)C1. The summed E-state index contributed by atoms with van der Waals surface area (Å²) < 4.78 is 6.98. The lowest BCUT2D eigenvalue weighted by atomic mass is 9.98. The molecule has 4 rings (SSSR count). The number of fused-ring (bicyclic) bond motifs is 1. The first kappa shape index (κ1) is 23.8. The molecule has 0 aromatic carbocycles. The molecule has 2 N–H and O–H groups in total. The molecule has 0 unspecified atom stereocenters. The number of aromatic carboxylic acids is 1. The first-order chi connectivity index (χ1) is 16.3. The number of carbonyl (C=O) groups is 2. The summed E-state index contributed by atoms with van der Waals surface area (Å²) in [5.41, 5.74) is 0.0517. The summed E-state index contributed by atoms with van der Waals surface area (Å²) in [5.74, 6) is -0.842. The second kappa shape index (κ2) is 9.90. The van der Waals surface area contributed by atoms with Crippen LogP contribution < -0.4 is 15.6 Å². The van der Waals surface area contributed by atoms with Crippen molar-refractivity contribution in [1.29, 1.82) is 0 Å². The third-order valence-corrected chi connectivity index (χ3v) is 6.71. The Kier molecular flexibility index (Phi) is 6.94. The van der Waals surface area contributed by atoms with Crippen LogP contribution in [0.25, 0.3) is 16.2 Å². The largest absolute Gasteiger partial charge is 0.477 e. The van der Waals surface area contributed by atoms with E-state index in [0.29, 0.717) is 48.5 Å². The number of nitrogens with one attached hydrogen (secondary N) is 1. The van der Waals surface area contributed by atoms with Crippen molar-refractivity contribution in [3.63, 3.8) is 0 Å². The van der Waals surface area contributed by atoms with E-state index in [9.17, 15) is 19.5 Å². The van der Waals surface area contributed by atoms with Crippen molar-refractivity contribution in [2.75, 3.05) is 31.2 Å². The first-order valence-electron chi connectivity index (χ1n) is 11.2. The fourth-order valence-corrected chi connectivity index (χ4v) is 4.56. The average Bonchev–Trinajstić information content (AvgIpc) is 3.30. The highest BCUT2D eigenvalue weighted by molar-refractivity contribution is 7.12. The molecular formula is C23H27N5O5S. The van der Waals surface area contributed by atoms with Crippen molar-refractivity contribution in [1.82, 2.24) is 19.9 Å². The molecule has 3 aromatic heterocycles. The van der Waals surface area contributed by atoms with Gasteiger partial charge in [-0.3, -0.25) is 14.2 Å². The van der Waals surface area contributed by atoms with Crippen molar-refractivity contribution in [2.45, 2.75) is 33.2 Å². The van der Waals surface area contributed by atoms with Gasteiger partial charge in [0.25, 0.3) is 0 Å². The van der Waals surface area contributed by atoms with Gasteiger partial charge in [-0.15, -0.1) is 11.3 Å². The summed E-state index contributed by atoms with van der Waals surface area (Å²) in [4.78, 5) is 48.2. The lowest BCUT2D eigenvalue weighted by Crippen LogP contribution is -2.56. The number of carboxylic acids is 1. The van der Waals surface area contributed by atoms with Crippen molar-refractivity contribution in [3.05, 3.63) is 45.2 Å². The third kappa shape index (κ3) is 4.53. The van der Waals surface area contributed by atoms with Crippen LogP contribution in [-0.4, -0.2) is 63.9 Å². The zero-order valence-corrected chi connectivity index (χ0v) is 20.1. The number of hydrogen-bond acceptors (Lipinski definition) is 8. The summed E-state index contributed by atoms with van der Waals surface area (Å²) >= 11 is 1.31. The van der Waals surface area contributed by atoms with E-state index in [1.807, 2.05) is 18.7 Å². The lowest BCUT2D eigenvalue weighted by molar-refractivity contribution is -0.127. The van der Waals surface area contributed by atoms with Gasteiger partial charge in [-0.05, 0) is 31.9 Å². The molecule has 1 saturated heterocycles. The number of anilines is 1. The minimum Gasteiger partial charge on any atom is -0.477 e. The first-order valence-corrected chi connectivity index (χ1v) is 12.0. The molecule has 4 heterocycles. The van der Waals surface area contributed by atoms with Crippen LogP contribution in [0.2, 0.25) is 0 Å². The zero-order chi connectivity index (χ0) is 24.4. The highest BCUT2D eigenvalue weighted by Crippen LogP contribution is 2.28. The number of pyridine rings is 2. The van der Waals surface area contributed by atoms with Gasteiger partial charge in [-0.25, -0.2) is 14.8 Å². The molecule has 1 atom stereocenters. The van der Waals surface area contributed by atoms with Crippen LogP contribution in [0.15, 0.2) is 28.6 Å². The van der Waals surface area contributed by atoms with Crippen LogP contribution >= 0.6 is 11.3 Å². The van der Waals surface area contributed by atoms with Gasteiger partial charge in [-0.2, -0.15) is 0 Å². The van der Waals surface area contributed by atoms with Crippen LogP contribution in [0.1, 0.15) is 36.2 Å². The average molecular weight is 486 g/mol. The molecule has 10 nitrogen and oxygen atoms in total. The van der Waals surface area contributed by atoms with Gasteiger partial charge in [-0.1, -0.05) is 6.92 Å². The van der Waals surface area contributed by atoms with Crippen molar-refractivity contribution in [3.8, 4) is 5.13 Å². The van der Waals surface area contributed by atoms with Gasteiger partial charge < -0.3 is 20.1 Å². The molecule has 180 valence electrons. The fourth-order valence-electron chi connectivity index (χ4n) is 3.94. The van der Waals surface area contributed by atoms with E-state index < -0.39 is 11.4 Å². The Hall–Kier alpha value is -3.31. The molecule has 34 heavy (non-hydrogen) atoms. The highest BCUT2D eigenvalue weighted by Gasteiger charge is 2.35. The van der Waals surface area contributed by atoms with Crippen molar-refractivity contribution < 1.29 is 19.4 Å². The smallest absolute Gasteiger partial charge is 0.341 e. The van der Waals surface area contributed by atoms with Crippen LogP contribution in [0.3, 0.4) is 0 Å². The maximum absolute atomic E-state index is 12.9. The normalized spacial score (nSPS) is 14.7. The molecule has 1 aliphatic rings. The number of aryl methyl sites for hydroxylation is 1. The van der Waals surface area contributed by atoms with E-state index in [1.54, 1.807) is 29.1 Å². The van der Waals surface area contributed by atoms with E-state index in [2.05, 4.69) is 10.3 Å². The summed E-state index contributed by atoms with van der Waals surface area (Å²) in [5, 5.41) is 15.1. The van der Waals surface area contributed by atoms with Gasteiger partial charge >= 0.3 is 5.97 Å². The van der Waals surface area contributed by atoms with Gasteiger partial charge in [0.1, 0.15) is 11.4 Å². The number of rotatable bonds is 9. The molecule has 0 saturated carbocycles. The highest BCUT2D eigenvalue weighted by atomic mass is 32.1. The standard InChI is InChI=1S/C23H27N5O5S/c1-4-15(12-33-5-2)25-21(30)14-9-27(10-14)17-8-13(3)18-19(29)16(22(31)32)11-28(20(18)26-17)23-24-6-7-34-23/h6-8,11,14-15H,4-5,9-10,12H2,1-3H3,(H,25,30)(H,31,32)/t15-/m1/s1. The Labute approximate surface area is 200 Å². The Morgan fingerprint density at radius 3 is 2.74 bits per heavy atom.